The molecular weight excluding hydrogens is 494 g/mol. The van der Waals surface area contributed by atoms with E-state index in [0.717, 1.165) is 33.4 Å². The molecule has 6 heteroatoms. The average Bonchev–Trinajstić information content (AvgIpc) is 2.93. The zero-order valence-electron chi connectivity index (χ0n) is 21.9. The van der Waals surface area contributed by atoms with Gasteiger partial charge in [-0.1, -0.05) is 83.9 Å². The maximum absolute atomic E-state index is 13.6. The second kappa shape index (κ2) is 10.5. The summed E-state index contributed by atoms with van der Waals surface area (Å²) in [6.45, 7) is 6.58. The molecule has 5 rings (SSSR count). The Morgan fingerprint density at radius 1 is 0.868 bits per heavy atom. The van der Waals surface area contributed by atoms with Gasteiger partial charge in [0.2, 0.25) is 5.82 Å². The smallest absolute Gasteiger partial charge is 0.291 e. The highest BCUT2D eigenvalue weighted by Crippen LogP contribution is 2.38. The van der Waals surface area contributed by atoms with Crippen LogP contribution >= 0.6 is 11.6 Å². The minimum Gasteiger partial charge on any atom is -0.336 e. The first-order valence-electron chi connectivity index (χ1n) is 12.8. The molecule has 0 spiro atoms. The number of carbonyl (C=O) groups is 2. The van der Waals surface area contributed by atoms with Gasteiger partial charge in [-0.2, -0.15) is 0 Å². The largest absolute Gasteiger partial charge is 0.336 e. The van der Waals surface area contributed by atoms with Crippen LogP contribution in [0, 0.1) is 13.8 Å². The summed E-state index contributed by atoms with van der Waals surface area (Å²) in [7, 11) is 0. The quantitative estimate of drug-likeness (QED) is 0.287. The molecule has 0 N–H and O–H groups in total. The lowest BCUT2D eigenvalue weighted by Crippen LogP contribution is -2.48. The Balaban J connectivity index is 1.48. The molecule has 0 unspecified atom stereocenters. The van der Waals surface area contributed by atoms with Crippen molar-refractivity contribution in [2.24, 2.45) is 0 Å². The monoisotopic (exact) mass is 523 g/mol. The van der Waals surface area contributed by atoms with Gasteiger partial charge < -0.3 is 4.90 Å². The normalized spacial score (nSPS) is 14.8. The molecule has 1 fully saturated rings. The van der Waals surface area contributed by atoms with Gasteiger partial charge in [-0.25, -0.2) is 9.97 Å². The number of carbonyl (C=O) groups excluding carboxylic acids is 2. The number of benzene rings is 3. The third-order valence-corrected chi connectivity index (χ3v) is 7.94. The number of aryl methyl sites for hydroxylation is 2. The third kappa shape index (κ3) is 4.86. The summed E-state index contributed by atoms with van der Waals surface area (Å²) in [5.41, 5.74) is 5.77. The minimum atomic E-state index is -0.575. The molecule has 192 valence electrons. The van der Waals surface area contributed by atoms with Gasteiger partial charge in [0.1, 0.15) is 5.78 Å². The summed E-state index contributed by atoms with van der Waals surface area (Å²) >= 11 is 6.66. The predicted octanol–water partition coefficient (Wildman–Crippen LogP) is 6.84. The number of hydrogen-bond acceptors (Lipinski definition) is 4. The van der Waals surface area contributed by atoms with E-state index in [2.05, 4.69) is 4.98 Å². The van der Waals surface area contributed by atoms with Gasteiger partial charge in [-0.05, 0) is 56.4 Å². The van der Waals surface area contributed by atoms with Crippen molar-refractivity contribution < 1.29 is 9.59 Å². The summed E-state index contributed by atoms with van der Waals surface area (Å²) in [4.78, 5) is 37.4. The van der Waals surface area contributed by atoms with Crippen LogP contribution in [0.25, 0.3) is 22.4 Å². The van der Waals surface area contributed by atoms with E-state index in [9.17, 15) is 9.59 Å². The van der Waals surface area contributed by atoms with E-state index < -0.39 is 5.41 Å². The molecular formula is C32H30ClN3O2. The van der Waals surface area contributed by atoms with Crippen molar-refractivity contribution >= 4 is 23.3 Å². The topological polar surface area (TPSA) is 63.2 Å². The fourth-order valence-corrected chi connectivity index (χ4v) is 5.61. The SMILES string of the molecule is CC(=O)C1(c2ccccc2)CCN(C(=O)c2ncc(-c3ccc(C)cc3)c(-c3ccc(C)cc3Cl)n2)CC1. The van der Waals surface area contributed by atoms with Crippen molar-refractivity contribution in [2.75, 3.05) is 13.1 Å². The fraction of sp³-hybridized carbons (Fsp3) is 0.250. The first-order valence-corrected chi connectivity index (χ1v) is 13.2. The van der Waals surface area contributed by atoms with Crippen LogP contribution in [0.5, 0.6) is 0 Å². The van der Waals surface area contributed by atoms with Gasteiger partial charge in [0, 0.05) is 30.4 Å². The number of nitrogens with zero attached hydrogens (tertiary/aromatic N) is 3. The molecule has 1 aromatic heterocycles. The number of aromatic nitrogens is 2. The highest BCUT2D eigenvalue weighted by atomic mass is 35.5. The highest BCUT2D eigenvalue weighted by molar-refractivity contribution is 6.33. The lowest BCUT2D eigenvalue weighted by atomic mass is 9.70. The molecule has 3 aromatic carbocycles. The van der Waals surface area contributed by atoms with Crippen LogP contribution in [-0.2, 0) is 10.2 Å². The molecule has 1 amide bonds. The Labute approximate surface area is 228 Å². The van der Waals surface area contributed by atoms with Crippen LogP contribution in [0.2, 0.25) is 5.02 Å². The predicted molar refractivity (Wildman–Crippen MR) is 151 cm³/mol. The number of likely N-dealkylation sites (tertiary alicyclic amines) is 1. The summed E-state index contributed by atoms with van der Waals surface area (Å²) in [6, 6.07) is 23.8. The zero-order valence-corrected chi connectivity index (χ0v) is 22.6. The second-order valence-electron chi connectivity index (χ2n) is 10.1. The summed E-state index contributed by atoms with van der Waals surface area (Å²) in [5, 5.41) is 0.572. The van der Waals surface area contributed by atoms with E-state index in [0.29, 0.717) is 36.6 Å². The summed E-state index contributed by atoms with van der Waals surface area (Å²) in [5.74, 6) is 0.0171. The Morgan fingerprint density at radius 3 is 2.16 bits per heavy atom. The molecule has 0 bridgehead atoms. The first kappa shape index (κ1) is 25.8. The molecule has 2 heterocycles. The van der Waals surface area contributed by atoms with E-state index in [1.165, 1.54) is 0 Å². The molecule has 0 radical (unpaired) electrons. The van der Waals surface area contributed by atoms with E-state index in [4.69, 9.17) is 16.6 Å². The molecule has 0 aliphatic carbocycles. The third-order valence-electron chi connectivity index (χ3n) is 7.63. The Bertz CT molecular complexity index is 1490. The van der Waals surface area contributed by atoms with E-state index in [1.807, 2.05) is 86.6 Å². The van der Waals surface area contributed by atoms with Crippen LogP contribution in [0.1, 0.15) is 47.1 Å². The van der Waals surface area contributed by atoms with Crippen LogP contribution in [0.15, 0.2) is 79.0 Å². The number of Topliss-reactive ketones (excluding diaryl/α,β-unsaturated/α-hetero) is 1. The molecule has 0 atom stereocenters. The van der Waals surface area contributed by atoms with Crippen molar-refractivity contribution in [2.45, 2.75) is 39.0 Å². The van der Waals surface area contributed by atoms with Gasteiger partial charge in [-0.3, -0.25) is 9.59 Å². The van der Waals surface area contributed by atoms with Crippen LogP contribution in [0.4, 0.5) is 0 Å². The minimum absolute atomic E-state index is 0.127. The molecule has 38 heavy (non-hydrogen) atoms. The molecule has 1 aliphatic heterocycles. The molecule has 1 saturated heterocycles. The van der Waals surface area contributed by atoms with Crippen molar-refractivity contribution in [1.29, 1.82) is 0 Å². The number of rotatable bonds is 5. The lowest BCUT2D eigenvalue weighted by Gasteiger charge is -2.40. The lowest BCUT2D eigenvalue weighted by molar-refractivity contribution is -0.124. The van der Waals surface area contributed by atoms with E-state index >= 15 is 0 Å². The van der Waals surface area contributed by atoms with Gasteiger partial charge in [0.05, 0.1) is 16.1 Å². The Kier molecular flexibility index (Phi) is 7.13. The number of ketones is 1. The van der Waals surface area contributed by atoms with Crippen molar-refractivity contribution in [3.8, 4) is 22.4 Å². The maximum Gasteiger partial charge on any atom is 0.291 e. The Hall–Kier alpha value is -3.83. The number of hydrogen-bond donors (Lipinski definition) is 0. The highest BCUT2D eigenvalue weighted by Gasteiger charge is 2.41. The van der Waals surface area contributed by atoms with Crippen molar-refractivity contribution in [1.82, 2.24) is 14.9 Å². The van der Waals surface area contributed by atoms with Gasteiger partial charge in [0.15, 0.2) is 0 Å². The van der Waals surface area contributed by atoms with Crippen molar-refractivity contribution in [3.05, 3.63) is 107 Å². The van der Waals surface area contributed by atoms with Crippen LogP contribution < -0.4 is 0 Å². The molecule has 0 saturated carbocycles. The number of amides is 1. The molecule has 1 aliphatic rings. The van der Waals surface area contributed by atoms with Crippen LogP contribution in [0.3, 0.4) is 0 Å². The average molecular weight is 524 g/mol. The van der Waals surface area contributed by atoms with E-state index in [-0.39, 0.29) is 17.5 Å². The first-order chi connectivity index (χ1) is 18.3. The molecule has 5 nitrogen and oxygen atoms in total. The number of halogens is 1. The van der Waals surface area contributed by atoms with Gasteiger partial charge in [-0.15, -0.1) is 0 Å². The molecule has 4 aromatic rings. The fourth-order valence-electron chi connectivity index (χ4n) is 5.28. The van der Waals surface area contributed by atoms with Gasteiger partial charge in [0.25, 0.3) is 5.91 Å². The zero-order chi connectivity index (χ0) is 26.9. The van der Waals surface area contributed by atoms with E-state index in [1.54, 1.807) is 18.0 Å². The summed E-state index contributed by atoms with van der Waals surface area (Å²) < 4.78 is 0. The summed E-state index contributed by atoms with van der Waals surface area (Å²) in [6.07, 6.45) is 2.84. The van der Waals surface area contributed by atoms with Crippen molar-refractivity contribution in [3.63, 3.8) is 0 Å². The van der Waals surface area contributed by atoms with Gasteiger partial charge >= 0.3 is 0 Å². The number of piperidine rings is 1. The second-order valence-corrected chi connectivity index (χ2v) is 10.5. The maximum atomic E-state index is 13.6. The van der Waals surface area contributed by atoms with Crippen LogP contribution in [-0.4, -0.2) is 39.6 Å². The Morgan fingerprint density at radius 2 is 1.53 bits per heavy atom. The standard InChI is InChI=1S/C32H30ClN3O2/c1-21-9-12-24(13-10-21)27-20-34-30(35-29(27)26-14-11-22(2)19-28(26)33)31(38)36-17-15-32(16-18-36,23(3)37)25-7-5-4-6-8-25/h4-14,19-20H,15-18H2,1-3H3.